The summed E-state index contributed by atoms with van der Waals surface area (Å²) < 4.78 is 6.10. The van der Waals surface area contributed by atoms with Crippen LogP contribution in [0.4, 0.5) is 0 Å². The van der Waals surface area contributed by atoms with Crippen molar-refractivity contribution in [2.24, 2.45) is 40.4 Å². The average Bonchev–Trinajstić information content (AvgIpc) is 3.42. The van der Waals surface area contributed by atoms with Crippen LogP contribution < -0.4 is 0 Å². The van der Waals surface area contributed by atoms with E-state index in [0.717, 1.165) is 32.3 Å². The number of carbonyl (C=O) groups excluding carboxylic acids is 1. The van der Waals surface area contributed by atoms with Gasteiger partial charge in [0.25, 0.3) is 0 Å². The number of hydrogen-bond acceptors (Lipinski definition) is 3. The summed E-state index contributed by atoms with van der Waals surface area (Å²) in [7, 11) is -1.49. The molecule has 0 aromatic rings. The molecule has 4 heteroatoms. The highest BCUT2D eigenvalue weighted by Gasteiger charge is 2.75. The highest BCUT2D eigenvalue weighted by atomic mass is 28.4. The minimum Gasteiger partial charge on any atom is -0.418 e. The number of allylic oxidation sites excluding steroid dienone is 4. The van der Waals surface area contributed by atoms with Crippen LogP contribution >= 0.6 is 0 Å². The molecular formula is C26H40O3Si. The molecule has 5 aliphatic rings. The van der Waals surface area contributed by atoms with E-state index in [1.807, 2.05) is 6.08 Å². The number of aliphatic hydroxyl groups is 1. The first-order valence-corrected chi connectivity index (χ1v) is 15.7. The Kier molecular flexibility index (Phi) is 4.69. The zero-order valence-electron chi connectivity index (χ0n) is 19.5. The van der Waals surface area contributed by atoms with E-state index < -0.39 is 13.9 Å². The Morgan fingerprint density at radius 2 is 1.97 bits per heavy atom. The van der Waals surface area contributed by atoms with E-state index in [1.165, 1.54) is 18.4 Å². The van der Waals surface area contributed by atoms with Crippen LogP contribution in [0.1, 0.15) is 58.8 Å². The van der Waals surface area contributed by atoms with E-state index in [4.69, 9.17) is 4.43 Å². The second kappa shape index (κ2) is 6.65. The van der Waals surface area contributed by atoms with E-state index in [1.54, 1.807) is 0 Å². The summed E-state index contributed by atoms with van der Waals surface area (Å²) in [5.41, 5.74) is 0.912. The molecule has 0 spiro atoms. The number of hydrogen-bond donors (Lipinski definition) is 1. The molecule has 30 heavy (non-hydrogen) atoms. The summed E-state index contributed by atoms with van der Waals surface area (Å²) in [5, 5.41) is 12.1. The maximum absolute atomic E-state index is 12.1. The van der Waals surface area contributed by atoms with Crippen molar-refractivity contribution in [3.63, 3.8) is 0 Å². The van der Waals surface area contributed by atoms with Crippen LogP contribution in [-0.2, 0) is 9.22 Å². The van der Waals surface area contributed by atoms with Gasteiger partial charge in [-0.25, -0.2) is 0 Å². The van der Waals surface area contributed by atoms with Crippen LogP contribution in [-0.4, -0.2) is 31.4 Å². The minimum atomic E-state index is -1.49. The van der Waals surface area contributed by atoms with Crippen molar-refractivity contribution in [1.29, 1.82) is 0 Å². The molecule has 1 N–H and O–H groups in total. The molecule has 0 radical (unpaired) electrons. The Balaban J connectivity index is 1.39. The lowest BCUT2D eigenvalue weighted by Crippen LogP contribution is -2.56. The molecule has 5 aliphatic carbocycles. The molecule has 0 bridgehead atoms. The largest absolute Gasteiger partial charge is 0.418 e. The Hall–Kier alpha value is -0.713. The molecule has 0 aliphatic heterocycles. The van der Waals surface area contributed by atoms with Crippen LogP contribution in [0.15, 0.2) is 23.8 Å². The molecule has 0 saturated heterocycles. The lowest BCUT2D eigenvalue weighted by molar-refractivity contribution is -0.141. The van der Waals surface area contributed by atoms with Gasteiger partial charge in [0.1, 0.15) is 0 Å². The van der Waals surface area contributed by atoms with Crippen LogP contribution in [0.5, 0.6) is 0 Å². The van der Waals surface area contributed by atoms with Gasteiger partial charge >= 0.3 is 0 Å². The van der Waals surface area contributed by atoms with E-state index in [9.17, 15) is 9.90 Å². The lowest BCUT2D eigenvalue weighted by atomic mass is 9.47. The van der Waals surface area contributed by atoms with Gasteiger partial charge in [0.15, 0.2) is 14.1 Å². The molecule has 0 aromatic carbocycles. The van der Waals surface area contributed by atoms with Crippen LogP contribution in [0, 0.1) is 40.4 Å². The van der Waals surface area contributed by atoms with Crippen molar-refractivity contribution < 1.29 is 14.3 Å². The Bertz CT molecular complexity index is 810. The van der Waals surface area contributed by atoms with E-state index in [0.29, 0.717) is 41.8 Å². The lowest BCUT2D eigenvalue weighted by Gasteiger charge is -2.58. The molecule has 0 heterocycles. The van der Waals surface area contributed by atoms with Gasteiger partial charge in [0, 0.05) is 18.4 Å². The zero-order valence-corrected chi connectivity index (χ0v) is 20.5. The smallest absolute Gasteiger partial charge is 0.183 e. The van der Waals surface area contributed by atoms with Crippen molar-refractivity contribution in [3.05, 3.63) is 23.8 Å². The quantitative estimate of drug-likeness (QED) is 0.464. The molecule has 3 fully saturated rings. The summed E-state index contributed by atoms with van der Waals surface area (Å²) in [6, 6.07) is 0. The second-order valence-corrected chi connectivity index (χ2v) is 17.0. The summed E-state index contributed by atoms with van der Waals surface area (Å²) in [5.74, 6) is 3.25. The number of ketones is 1. The third-order valence-electron chi connectivity index (χ3n) is 9.91. The van der Waals surface area contributed by atoms with Gasteiger partial charge in [-0.15, -0.1) is 0 Å². The van der Waals surface area contributed by atoms with Crippen LogP contribution in [0.2, 0.25) is 19.6 Å². The summed E-state index contributed by atoms with van der Waals surface area (Å²) in [4.78, 5) is 12.0. The second-order valence-electron chi connectivity index (χ2n) is 12.5. The number of carbonyl (C=O) groups is 1. The molecule has 0 amide bonds. The predicted octanol–water partition coefficient (Wildman–Crippen LogP) is 5.51. The molecule has 8 atom stereocenters. The van der Waals surface area contributed by atoms with Gasteiger partial charge < -0.3 is 9.53 Å². The van der Waals surface area contributed by atoms with E-state index >= 15 is 0 Å². The monoisotopic (exact) mass is 428 g/mol. The molecule has 0 aromatic heterocycles. The average molecular weight is 429 g/mol. The van der Waals surface area contributed by atoms with Crippen molar-refractivity contribution in [1.82, 2.24) is 0 Å². The minimum absolute atomic E-state index is 0.0211. The Morgan fingerprint density at radius 3 is 2.70 bits per heavy atom. The number of fused-ring (bicyclic) bond motifs is 7. The zero-order chi connectivity index (χ0) is 21.5. The maximum Gasteiger partial charge on any atom is 0.183 e. The first kappa shape index (κ1) is 21.1. The van der Waals surface area contributed by atoms with Crippen molar-refractivity contribution >= 4 is 14.1 Å². The molecule has 3 saturated carbocycles. The third kappa shape index (κ3) is 2.93. The first-order chi connectivity index (χ1) is 14.0. The predicted molar refractivity (Wildman–Crippen MR) is 122 cm³/mol. The molecule has 166 valence electrons. The highest BCUT2D eigenvalue weighted by Crippen LogP contribution is 2.76. The molecule has 3 nitrogen and oxygen atoms in total. The van der Waals surface area contributed by atoms with E-state index in [2.05, 4.69) is 45.6 Å². The standard InChI is InChI=1S/C26H40O3Si/c1-24-12-9-18(27)15-17(24)7-8-19-21(24)10-13-25(2)23(19)20-16-22(20)26(25,28)11-6-14-29-30(3,4)5/h7-8,15,19-23,28H,6,9-14,16H2,1-5H3/t19?,20-,21?,22+,23?,24+,25+,26+/m1/s1. The normalized spacial score (nSPS) is 49.1. The topological polar surface area (TPSA) is 46.5 Å². The maximum atomic E-state index is 12.1. The third-order valence-corrected chi connectivity index (χ3v) is 11.0. The summed E-state index contributed by atoms with van der Waals surface area (Å²) in [6.07, 6.45) is 13.7. The Morgan fingerprint density at radius 1 is 1.20 bits per heavy atom. The molecular weight excluding hydrogens is 388 g/mol. The molecule has 5 rings (SSSR count). The SMILES string of the molecule is C[C@]12CCC(=O)C=C1C=CC1C2CC[C@@]2(C)C1[C@@H]1C[C@@H]1[C@@]2(O)CCCO[Si](C)(C)C. The fourth-order valence-corrected chi connectivity index (χ4v) is 9.07. The summed E-state index contributed by atoms with van der Waals surface area (Å²) >= 11 is 0. The summed E-state index contributed by atoms with van der Waals surface area (Å²) in [6.45, 7) is 12.3. The van der Waals surface area contributed by atoms with Crippen molar-refractivity contribution in [3.8, 4) is 0 Å². The van der Waals surface area contributed by atoms with Crippen LogP contribution in [0.3, 0.4) is 0 Å². The van der Waals surface area contributed by atoms with Gasteiger partial charge in [-0.05, 0) is 105 Å². The van der Waals surface area contributed by atoms with Gasteiger partial charge in [-0.2, -0.15) is 0 Å². The van der Waals surface area contributed by atoms with Crippen molar-refractivity contribution in [2.45, 2.75) is 84.0 Å². The number of rotatable bonds is 5. The molecule has 3 unspecified atom stereocenters. The van der Waals surface area contributed by atoms with E-state index in [-0.39, 0.29) is 10.8 Å². The Labute approximate surface area is 183 Å². The first-order valence-electron chi connectivity index (χ1n) is 12.3. The van der Waals surface area contributed by atoms with Gasteiger partial charge in [0.05, 0.1) is 5.60 Å². The van der Waals surface area contributed by atoms with Gasteiger partial charge in [-0.3, -0.25) is 4.79 Å². The highest BCUT2D eigenvalue weighted by molar-refractivity contribution is 6.69. The fraction of sp³-hybridized carbons (Fsp3) is 0.808. The van der Waals surface area contributed by atoms with Gasteiger partial charge in [0.2, 0.25) is 0 Å². The van der Waals surface area contributed by atoms with Crippen molar-refractivity contribution in [2.75, 3.05) is 6.61 Å². The van der Waals surface area contributed by atoms with Gasteiger partial charge in [-0.1, -0.05) is 26.0 Å². The fourth-order valence-electron chi connectivity index (χ4n) is 8.32. The van der Waals surface area contributed by atoms with Crippen LogP contribution in [0.25, 0.3) is 0 Å².